The highest BCUT2D eigenvalue weighted by Crippen LogP contribution is 2.18. The van der Waals surface area contributed by atoms with Crippen molar-refractivity contribution in [1.82, 2.24) is 4.90 Å². The van der Waals surface area contributed by atoms with Gasteiger partial charge in [-0.15, -0.1) is 0 Å². The van der Waals surface area contributed by atoms with Crippen molar-refractivity contribution in [3.63, 3.8) is 0 Å². The smallest absolute Gasteiger partial charge is 0.323 e. The van der Waals surface area contributed by atoms with Crippen LogP contribution in [0.5, 0.6) is 0 Å². The van der Waals surface area contributed by atoms with Gasteiger partial charge >= 0.3 is 5.97 Å². The van der Waals surface area contributed by atoms with Crippen LogP contribution in [0.15, 0.2) is 0 Å². The lowest BCUT2D eigenvalue weighted by Gasteiger charge is -2.34. The molecule has 0 aliphatic carbocycles. The van der Waals surface area contributed by atoms with E-state index < -0.39 is 6.10 Å². The van der Waals surface area contributed by atoms with E-state index in [9.17, 15) is 9.90 Å². The first-order valence-corrected chi connectivity index (χ1v) is 6.66. The molecular formula is C13H25NO4. The fraction of sp³-hybridized carbons (Fsp3) is 0.923. The first kappa shape index (κ1) is 15.4. The molecule has 1 rings (SSSR count). The highest BCUT2D eigenvalue weighted by atomic mass is 16.5. The summed E-state index contributed by atoms with van der Waals surface area (Å²) in [7, 11) is 1.41. The number of hydrogen-bond acceptors (Lipinski definition) is 5. The monoisotopic (exact) mass is 259 g/mol. The van der Waals surface area contributed by atoms with Crippen LogP contribution in [0.25, 0.3) is 0 Å². The lowest BCUT2D eigenvalue weighted by atomic mass is 10.0. The van der Waals surface area contributed by atoms with Crippen LogP contribution in [-0.2, 0) is 14.3 Å². The van der Waals surface area contributed by atoms with Crippen LogP contribution in [0.2, 0.25) is 0 Å². The fourth-order valence-electron chi connectivity index (χ4n) is 2.24. The SMILES string of the molecule is COC(=O)C1CCCCN1CC(O)COC(C)C. The van der Waals surface area contributed by atoms with E-state index in [1.807, 2.05) is 18.7 Å². The Morgan fingerprint density at radius 1 is 1.44 bits per heavy atom. The number of ether oxygens (including phenoxy) is 2. The molecule has 0 aromatic rings. The van der Waals surface area contributed by atoms with Crippen molar-refractivity contribution < 1.29 is 19.4 Å². The molecule has 106 valence electrons. The summed E-state index contributed by atoms with van der Waals surface area (Å²) in [5.41, 5.74) is 0. The second-order valence-corrected chi connectivity index (χ2v) is 5.07. The highest BCUT2D eigenvalue weighted by molar-refractivity contribution is 5.75. The first-order chi connectivity index (χ1) is 8.54. The van der Waals surface area contributed by atoms with Crippen molar-refractivity contribution in [3.8, 4) is 0 Å². The van der Waals surface area contributed by atoms with Crippen molar-refractivity contribution in [1.29, 1.82) is 0 Å². The Kier molecular flexibility index (Phi) is 6.60. The zero-order chi connectivity index (χ0) is 13.5. The van der Waals surface area contributed by atoms with E-state index in [1.54, 1.807) is 0 Å². The number of β-amino-alcohol motifs (C(OH)–C–C–N with tert-alkyl or cyclic N) is 1. The number of esters is 1. The summed E-state index contributed by atoms with van der Waals surface area (Å²) in [6.07, 6.45) is 2.46. The number of aliphatic hydroxyl groups is 1. The molecule has 5 nitrogen and oxygen atoms in total. The number of likely N-dealkylation sites (tertiary alicyclic amines) is 1. The lowest BCUT2D eigenvalue weighted by Crippen LogP contribution is -2.49. The number of hydrogen-bond donors (Lipinski definition) is 1. The Morgan fingerprint density at radius 2 is 2.17 bits per heavy atom. The molecule has 2 atom stereocenters. The minimum Gasteiger partial charge on any atom is -0.468 e. The normalized spacial score (nSPS) is 23.1. The zero-order valence-corrected chi connectivity index (χ0v) is 11.6. The number of nitrogens with zero attached hydrogens (tertiary/aromatic N) is 1. The first-order valence-electron chi connectivity index (χ1n) is 6.66. The predicted octanol–water partition coefficient (Wildman–Crippen LogP) is 0.800. The van der Waals surface area contributed by atoms with Crippen LogP contribution in [0.1, 0.15) is 33.1 Å². The van der Waals surface area contributed by atoms with Gasteiger partial charge in [-0.25, -0.2) is 0 Å². The number of methoxy groups -OCH3 is 1. The summed E-state index contributed by atoms with van der Waals surface area (Å²) in [6, 6.07) is -0.211. The van der Waals surface area contributed by atoms with Gasteiger partial charge in [0.15, 0.2) is 0 Å². The van der Waals surface area contributed by atoms with Gasteiger partial charge in [0.2, 0.25) is 0 Å². The van der Waals surface area contributed by atoms with Crippen molar-refractivity contribution in [2.24, 2.45) is 0 Å². The molecular weight excluding hydrogens is 234 g/mol. The molecule has 1 fully saturated rings. The number of carbonyl (C=O) groups is 1. The fourth-order valence-corrected chi connectivity index (χ4v) is 2.24. The summed E-state index contributed by atoms with van der Waals surface area (Å²) in [6.45, 7) is 5.47. The molecule has 0 bridgehead atoms. The lowest BCUT2D eigenvalue weighted by molar-refractivity contribution is -0.149. The molecule has 0 radical (unpaired) electrons. The van der Waals surface area contributed by atoms with Gasteiger partial charge in [-0.2, -0.15) is 0 Å². The molecule has 1 saturated heterocycles. The van der Waals surface area contributed by atoms with E-state index in [2.05, 4.69) is 0 Å². The third kappa shape index (κ3) is 4.92. The van der Waals surface area contributed by atoms with Crippen molar-refractivity contribution >= 4 is 5.97 Å². The minimum absolute atomic E-state index is 0.109. The largest absolute Gasteiger partial charge is 0.468 e. The van der Waals surface area contributed by atoms with Gasteiger partial charge in [-0.3, -0.25) is 9.69 Å². The quantitative estimate of drug-likeness (QED) is 0.715. The molecule has 5 heteroatoms. The Morgan fingerprint density at radius 3 is 2.78 bits per heavy atom. The number of piperidine rings is 1. The summed E-state index contributed by atoms with van der Waals surface area (Å²) in [4.78, 5) is 13.7. The number of carbonyl (C=O) groups excluding carboxylic acids is 1. The van der Waals surface area contributed by atoms with Gasteiger partial charge in [0.1, 0.15) is 6.04 Å². The highest BCUT2D eigenvalue weighted by Gasteiger charge is 2.30. The molecule has 0 saturated carbocycles. The van der Waals surface area contributed by atoms with Gasteiger partial charge in [0.05, 0.1) is 25.9 Å². The van der Waals surface area contributed by atoms with E-state index in [0.29, 0.717) is 13.2 Å². The average Bonchev–Trinajstić information content (AvgIpc) is 2.36. The third-order valence-corrected chi connectivity index (χ3v) is 3.15. The Bertz CT molecular complexity index is 257. The molecule has 1 N–H and O–H groups in total. The average molecular weight is 259 g/mol. The van der Waals surface area contributed by atoms with E-state index in [4.69, 9.17) is 9.47 Å². The molecule has 1 heterocycles. The molecule has 1 aliphatic heterocycles. The van der Waals surface area contributed by atoms with Crippen LogP contribution in [0.3, 0.4) is 0 Å². The van der Waals surface area contributed by atoms with Gasteiger partial charge < -0.3 is 14.6 Å². The summed E-state index contributed by atoms with van der Waals surface area (Å²) < 4.78 is 10.2. The maximum atomic E-state index is 11.6. The number of rotatable bonds is 6. The van der Waals surface area contributed by atoms with E-state index >= 15 is 0 Å². The van der Waals surface area contributed by atoms with Gasteiger partial charge in [0.25, 0.3) is 0 Å². The Labute approximate surface area is 109 Å². The van der Waals surface area contributed by atoms with Crippen LogP contribution >= 0.6 is 0 Å². The second kappa shape index (κ2) is 7.71. The minimum atomic E-state index is -0.558. The predicted molar refractivity (Wildman–Crippen MR) is 68.3 cm³/mol. The Balaban J connectivity index is 2.43. The van der Waals surface area contributed by atoms with E-state index in [0.717, 1.165) is 25.8 Å². The maximum absolute atomic E-state index is 11.6. The molecule has 0 aromatic carbocycles. The van der Waals surface area contributed by atoms with Crippen molar-refractivity contribution in [3.05, 3.63) is 0 Å². The maximum Gasteiger partial charge on any atom is 0.323 e. The van der Waals surface area contributed by atoms with Crippen LogP contribution in [-0.4, -0.2) is 61.0 Å². The number of aliphatic hydroxyl groups excluding tert-OH is 1. The second-order valence-electron chi connectivity index (χ2n) is 5.07. The summed E-state index contributed by atoms with van der Waals surface area (Å²) in [5.74, 6) is -0.202. The summed E-state index contributed by atoms with van der Waals surface area (Å²) in [5, 5.41) is 9.90. The molecule has 2 unspecified atom stereocenters. The van der Waals surface area contributed by atoms with Gasteiger partial charge in [-0.1, -0.05) is 6.42 Å². The molecule has 0 amide bonds. The van der Waals surface area contributed by atoms with Crippen molar-refractivity contribution in [2.75, 3.05) is 26.8 Å². The van der Waals surface area contributed by atoms with Crippen LogP contribution < -0.4 is 0 Å². The molecule has 1 aliphatic rings. The molecule has 0 aromatic heterocycles. The van der Waals surface area contributed by atoms with Crippen LogP contribution in [0.4, 0.5) is 0 Å². The van der Waals surface area contributed by atoms with E-state index in [-0.39, 0.29) is 18.1 Å². The molecule has 18 heavy (non-hydrogen) atoms. The standard InChI is InChI=1S/C13H25NO4/c1-10(2)18-9-11(15)8-14-7-5-4-6-12(14)13(16)17-3/h10-12,15H,4-9H2,1-3H3. The van der Waals surface area contributed by atoms with E-state index in [1.165, 1.54) is 7.11 Å². The van der Waals surface area contributed by atoms with Gasteiger partial charge in [0, 0.05) is 6.54 Å². The van der Waals surface area contributed by atoms with Gasteiger partial charge in [-0.05, 0) is 33.2 Å². The Hall–Kier alpha value is -0.650. The van der Waals surface area contributed by atoms with Crippen molar-refractivity contribution in [2.45, 2.75) is 51.4 Å². The summed E-state index contributed by atoms with van der Waals surface area (Å²) >= 11 is 0. The third-order valence-electron chi connectivity index (χ3n) is 3.15. The topological polar surface area (TPSA) is 59.0 Å². The molecule has 0 spiro atoms. The zero-order valence-electron chi connectivity index (χ0n) is 11.6. The van der Waals surface area contributed by atoms with Crippen LogP contribution in [0, 0.1) is 0 Å².